The number of aliphatic hydroxyl groups excluding tert-OH is 2. The van der Waals surface area contributed by atoms with Crippen LogP contribution in [0.2, 0.25) is 0 Å². The van der Waals surface area contributed by atoms with Crippen LogP contribution in [0.4, 0.5) is 27.8 Å². The molecule has 2 fully saturated rings. The molecule has 34 heavy (non-hydrogen) atoms. The van der Waals surface area contributed by atoms with Crippen molar-refractivity contribution in [2.45, 2.75) is 57.5 Å². The lowest BCUT2D eigenvalue weighted by Crippen LogP contribution is -2.59. The molecule has 2 aliphatic heterocycles. The first-order valence-electron chi connectivity index (χ1n) is 11.7. The number of fused-ring (bicyclic) bond motifs is 1. The molecule has 9 nitrogen and oxygen atoms in total. The van der Waals surface area contributed by atoms with Gasteiger partial charge in [0.15, 0.2) is 0 Å². The van der Waals surface area contributed by atoms with Crippen LogP contribution < -0.4 is 15.1 Å². The second-order valence-corrected chi connectivity index (χ2v) is 9.45. The summed E-state index contributed by atoms with van der Waals surface area (Å²) >= 11 is 0. The summed E-state index contributed by atoms with van der Waals surface area (Å²) in [6, 6.07) is 3.75. The topological polar surface area (TPSA) is 111 Å². The summed E-state index contributed by atoms with van der Waals surface area (Å²) in [5.74, 6) is 2.70. The van der Waals surface area contributed by atoms with Crippen LogP contribution in [0.1, 0.15) is 38.7 Å². The van der Waals surface area contributed by atoms with Crippen molar-refractivity contribution in [2.75, 3.05) is 34.8 Å². The number of β-amino-alcohol motifs (C(OH)–C–C–N with tert-alkyl or cyclic N) is 1. The number of nitrogens with zero attached hydrogens (tertiary/aromatic N) is 6. The van der Waals surface area contributed by atoms with Crippen LogP contribution in [-0.4, -0.2) is 74.2 Å². The summed E-state index contributed by atoms with van der Waals surface area (Å²) < 4.78 is 14.0. The van der Waals surface area contributed by atoms with Gasteiger partial charge in [-0.25, -0.2) is 19.3 Å². The van der Waals surface area contributed by atoms with E-state index in [0.29, 0.717) is 37.1 Å². The molecule has 2 saturated heterocycles. The van der Waals surface area contributed by atoms with E-state index in [1.807, 2.05) is 25.4 Å². The van der Waals surface area contributed by atoms with Crippen molar-refractivity contribution >= 4 is 34.2 Å². The standard InChI is InChI=1S/C24H30FN7O2/c1-13(2)16-9-28-23(32-12-20(34)14(32)3)17-10-27-22(8-15(16)17)29-21-4-6-26-24(30-21)31-7-5-19(33)18(25)11-31/h4,6,8-10,13-14,18-20,33-34H,5,7,11-12H2,1-3H3,(H,26,27,29,30)/t14-,18-,19+,20+/m1/s1. The van der Waals surface area contributed by atoms with Gasteiger partial charge in [0.25, 0.3) is 0 Å². The monoisotopic (exact) mass is 467 g/mol. The molecular weight excluding hydrogens is 437 g/mol. The van der Waals surface area contributed by atoms with Gasteiger partial charge in [0.2, 0.25) is 5.95 Å². The second-order valence-electron chi connectivity index (χ2n) is 9.45. The van der Waals surface area contributed by atoms with Crippen molar-refractivity contribution in [1.82, 2.24) is 19.9 Å². The normalized spacial score (nSPS) is 25.0. The summed E-state index contributed by atoms with van der Waals surface area (Å²) in [6.07, 6.45) is 3.09. The van der Waals surface area contributed by atoms with Crippen LogP contribution in [-0.2, 0) is 0 Å². The smallest absolute Gasteiger partial charge is 0.227 e. The zero-order chi connectivity index (χ0) is 24.0. The van der Waals surface area contributed by atoms with Crippen molar-refractivity contribution in [2.24, 2.45) is 0 Å². The van der Waals surface area contributed by atoms with E-state index in [0.717, 1.165) is 22.2 Å². The minimum absolute atomic E-state index is 0.0117. The molecule has 10 heteroatoms. The second kappa shape index (κ2) is 8.92. The number of piperidine rings is 1. The van der Waals surface area contributed by atoms with E-state index in [4.69, 9.17) is 4.98 Å². The summed E-state index contributed by atoms with van der Waals surface area (Å²) in [7, 11) is 0. The molecular formula is C24H30FN7O2. The van der Waals surface area contributed by atoms with Gasteiger partial charge in [-0.15, -0.1) is 0 Å². The lowest BCUT2D eigenvalue weighted by atomic mass is 9.96. The van der Waals surface area contributed by atoms with Gasteiger partial charge in [0.1, 0.15) is 23.6 Å². The van der Waals surface area contributed by atoms with E-state index in [-0.39, 0.29) is 24.6 Å². The molecule has 5 heterocycles. The Balaban J connectivity index is 1.44. The number of aliphatic hydroxyl groups is 2. The van der Waals surface area contributed by atoms with E-state index >= 15 is 0 Å². The highest BCUT2D eigenvalue weighted by Crippen LogP contribution is 2.36. The molecule has 0 unspecified atom stereocenters. The zero-order valence-corrected chi connectivity index (χ0v) is 19.6. The molecule has 0 radical (unpaired) electrons. The number of nitrogens with one attached hydrogen (secondary N) is 1. The average molecular weight is 468 g/mol. The van der Waals surface area contributed by atoms with Gasteiger partial charge in [-0.1, -0.05) is 13.8 Å². The molecule has 3 aromatic heterocycles. The zero-order valence-electron chi connectivity index (χ0n) is 19.6. The first-order valence-corrected chi connectivity index (χ1v) is 11.7. The number of anilines is 4. The van der Waals surface area contributed by atoms with Crippen LogP contribution in [0.3, 0.4) is 0 Å². The fourth-order valence-corrected chi connectivity index (χ4v) is 4.54. The maximum absolute atomic E-state index is 14.0. The molecule has 4 atom stereocenters. The Kier molecular flexibility index (Phi) is 5.95. The van der Waals surface area contributed by atoms with Gasteiger partial charge in [0, 0.05) is 37.1 Å². The van der Waals surface area contributed by atoms with Crippen molar-refractivity contribution < 1.29 is 14.6 Å². The van der Waals surface area contributed by atoms with E-state index in [2.05, 4.69) is 39.0 Å². The molecule has 3 N–H and O–H groups in total. The molecule has 0 amide bonds. The Labute approximate surface area is 197 Å². The highest BCUT2D eigenvalue weighted by molar-refractivity contribution is 5.96. The Hall–Kier alpha value is -3.11. The Morgan fingerprint density at radius 2 is 1.88 bits per heavy atom. The molecule has 0 spiro atoms. The Morgan fingerprint density at radius 3 is 2.59 bits per heavy atom. The maximum atomic E-state index is 14.0. The largest absolute Gasteiger partial charge is 0.390 e. The van der Waals surface area contributed by atoms with Crippen LogP contribution in [0.5, 0.6) is 0 Å². The van der Waals surface area contributed by atoms with Crippen molar-refractivity contribution in [3.05, 3.63) is 36.3 Å². The van der Waals surface area contributed by atoms with Crippen molar-refractivity contribution in [1.29, 1.82) is 0 Å². The first kappa shape index (κ1) is 22.7. The molecule has 3 aromatic rings. The number of halogens is 1. The summed E-state index contributed by atoms with van der Waals surface area (Å²) in [5.41, 5.74) is 1.11. The highest BCUT2D eigenvalue weighted by Gasteiger charge is 2.36. The van der Waals surface area contributed by atoms with Crippen LogP contribution in [0.15, 0.2) is 30.7 Å². The van der Waals surface area contributed by atoms with E-state index in [1.54, 1.807) is 17.2 Å². The first-order chi connectivity index (χ1) is 16.3. The number of alkyl halides is 1. The van der Waals surface area contributed by atoms with Crippen LogP contribution in [0, 0.1) is 0 Å². The molecule has 0 saturated carbocycles. The average Bonchev–Trinajstić information content (AvgIpc) is 2.83. The number of hydrogen-bond acceptors (Lipinski definition) is 9. The summed E-state index contributed by atoms with van der Waals surface area (Å²) in [4.78, 5) is 22.0. The molecule has 5 rings (SSSR count). The molecule has 180 valence electrons. The number of hydrogen-bond donors (Lipinski definition) is 3. The van der Waals surface area contributed by atoms with Crippen molar-refractivity contribution in [3.8, 4) is 0 Å². The van der Waals surface area contributed by atoms with Gasteiger partial charge in [-0.05, 0) is 42.3 Å². The summed E-state index contributed by atoms with van der Waals surface area (Å²) in [6.45, 7) is 7.37. The third-order valence-corrected chi connectivity index (χ3v) is 6.80. The van der Waals surface area contributed by atoms with E-state index in [1.165, 1.54) is 0 Å². The maximum Gasteiger partial charge on any atom is 0.227 e. The Morgan fingerprint density at radius 1 is 1.06 bits per heavy atom. The molecule has 2 aliphatic rings. The summed E-state index contributed by atoms with van der Waals surface area (Å²) in [5, 5.41) is 24.9. The Bertz CT molecular complexity index is 1190. The minimum atomic E-state index is -1.32. The van der Waals surface area contributed by atoms with Gasteiger partial charge in [-0.3, -0.25) is 0 Å². The lowest BCUT2D eigenvalue weighted by molar-refractivity contribution is 0.0612. The third kappa shape index (κ3) is 4.12. The fraction of sp³-hybridized carbons (Fsp3) is 0.500. The minimum Gasteiger partial charge on any atom is -0.390 e. The SMILES string of the molecule is CC(C)c1cnc(N2C[C@H](O)[C@H]2C)c2cnc(Nc3ccnc(N4CC[C@H](O)[C@H](F)C4)n3)cc12. The van der Waals surface area contributed by atoms with Crippen LogP contribution >= 0.6 is 0 Å². The van der Waals surface area contributed by atoms with E-state index < -0.39 is 12.3 Å². The molecule has 0 aliphatic carbocycles. The predicted molar refractivity (Wildman–Crippen MR) is 129 cm³/mol. The van der Waals surface area contributed by atoms with Crippen molar-refractivity contribution in [3.63, 3.8) is 0 Å². The number of pyridine rings is 2. The molecule has 0 bridgehead atoms. The van der Waals surface area contributed by atoms with Gasteiger partial charge in [0.05, 0.1) is 24.8 Å². The molecule has 0 aromatic carbocycles. The predicted octanol–water partition coefficient (Wildman–Crippen LogP) is 2.77. The van der Waals surface area contributed by atoms with Gasteiger partial charge < -0.3 is 25.3 Å². The highest BCUT2D eigenvalue weighted by atomic mass is 19.1. The lowest BCUT2D eigenvalue weighted by Gasteiger charge is -2.44. The number of aromatic nitrogens is 4. The quantitative estimate of drug-likeness (QED) is 0.522. The van der Waals surface area contributed by atoms with E-state index in [9.17, 15) is 14.6 Å². The fourth-order valence-electron chi connectivity index (χ4n) is 4.54. The number of rotatable bonds is 5. The third-order valence-electron chi connectivity index (χ3n) is 6.80. The van der Waals surface area contributed by atoms with Gasteiger partial charge >= 0.3 is 0 Å². The van der Waals surface area contributed by atoms with Gasteiger partial charge in [-0.2, -0.15) is 4.98 Å². The van der Waals surface area contributed by atoms with Crippen LogP contribution in [0.25, 0.3) is 10.8 Å².